The van der Waals surface area contributed by atoms with Gasteiger partial charge in [-0.1, -0.05) is 11.6 Å². The SMILES string of the molecule is Cc1cc(C(N)c2sccc2Cl)c(C)s1. The average molecular weight is 258 g/mol. The van der Waals surface area contributed by atoms with Crippen molar-refractivity contribution in [3.05, 3.63) is 42.7 Å². The van der Waals surface area contributed by atoms with Crippen molar-refractivity contribution < 1.29 is 0 Å². The first-order valence-corrected chi connectivity index (χ1v) is 6.72. The molecule has 0 aliphatic carbocycles. The van der Waals surface area contributed by atoms with Crippen LogP contribution in [0.1, 0.15) is 26.2 Å². The van der Waals surface area contributed by atoms with Crippen LogP contribution in [0.4, 0.5) is 0 Å². The quantitative estimate of drug-likeness (QED) is 0.860. The van der Waals surface area contributed by atoms with Gasteiger partial charge < -0.3 is 5.73 Å². The van der Waals surface area contributed by atoms with Gasteiger partial charge in [0.05, 0.1) is 11.1 Å². The molecule has 2 rings (SSSR count). The number of rotatable bonds is 2. The van der Waals surface area contributed by atoms with Crippen LogP contribution >= 0.6 is 34.3 Å². The summed E-state index contributed by atoms with van der Waals surface area (Å²) in [7, 11) is 0. The number of halogens is 1. The normalized spacial score (nSPS) is 13.1. The monoisotopic (exact) mass is 257 g/mol. The molecule has 0 spiro atoms. The zero-order valence-electron chi connectivity index (χ0n) is 8.58. The average Bonchev–Trinajstić information content (AvgIpc) is 2.71. The number of nitrogens with two attached hydrogens (primary N) is 1. The molecule has 80 valence electrons. The van der Waals surface area contributed by atoms with Crippen molar-refractivity contribution in [2.75, 3.05) is 0 Å². The van der Waals surface area contributed by atoms with Crippen LogP contribution in [0.5, 0.6) is 0 Å². The van der Waals surface area contributed by atoms with Gasteiger partial charge in [-0.25, -0.2) is 0 Å². The van der Waals surface area contributed by atoms with Gasteiger partial charge in [0.15, 0.2) is 0 Å². The van der Waals surface area contributed by atoms with Crippen molar-refractivity contribution in [1.29, 1.82) is 0 Å². The van der Waals surface area contributed by atoms with Gasteiger partial charge in [0.2, 0.25) is 0 Å². The summed E-state index contributed by atoms with van der Waals surface area (Å²) in [6, 6.07) is 3.97. The Bertz CT molecular complexity index is 473. The molecule has 0 aromatic carbocycles. The van der Waals surface area contributed by atoms with Crippen LogP contribution < -0.4 is 5.73 Å². The zero-order chi connectivity index (χ0) is 11.0. The maximum absolute atomic E-state index is 6.21. The second-order valence-electron chi connectivity index (χ2n) is 3.48. The van der Waals surface area contributed by atoms with E-state index in [0.717, 1.165) is 9.90 Å². The minimum absolute atomic E-state index is 0.0811. The molecule has 2 N–H and O–H groups in total. The van der Waals surface area contributed by atoms with Gasteiger partial charge >= 0.3 is 0 Å². The molecule has 1 nitrogen and oxygen atoms in total. The van der Waals surface area contributed by atoms with E-state index >= 15 is 0 Å². The Hall–Kier alpha value is -0.350. The molecule has 0 radical (unpaired) electrons. The predicted octanol–water partition coefficient (Wildman–Crippen LogP) is 4.13. The molecule has 0 saturated heterocycles. The van der Waals surface area contributed by atoms with E-state index in [0.29, 0.717) is 0 Å². The topological polar surface area (TPSA) is 26.0 Å². The van der Waals surface area contributed by atoms with Crippen LogP contribution in [0.3, 0.4) is 0 Å². The highest BCUT2D eigenvalue weighted by molar-refractivity contribution is 7.12. The summed E-state index contributed by atoms with van der Waals surface area (Å²) in [5.41, 5.74) is 7.40. The number of aryl methyl sites for hydroxylation is 2. The van der Waals surface area contributed by atoms with E-state index in [2.05, 4.69) is 19.9 Å². The molecule has 2 aromatic heterocycles. The van der Waals surface area contributed by atoms with Crippen molar-refractivity contribution >= 4 is 34.3 Å². The van der Waals surface area contributed by atoms with Gasteiger partial charge in [0.1, 0.15) is 0 Å². The van der Waals surface area contributed by atoms with E-state index in [1.54, 1.807) is 22.7 Å². The maximum Gasteiger partial charge on any atom is 0.0671 e. The summed E-state index contributed by atoms with van der Waals surface area (Å²) in [5, 5.41) is 2.75. The Labute approximate surface area is 103 Å². The standard InChI is InChI=1S/C11H12ClNS2/c1-6-5-8(7(2)15-6)10(13)11-9(12)3-4-14-11/h3-5,10H,13H2,1-2H3. The number of hydrogen-bond donors (Lipinski definition) is 1. The lowest BCUT2D eigenvalue weighted by atomic mass is 10.1. The van der Waals surface area contributed by atoms with E-state index in [1.165, 1.54) is 15.3 Å². The Morgan fingerprint density at radius 3 is 2.60 bits per heavy atom. The summed E-state index contributed by atoms with van der Waals surface area (Å²) >= 11 is 9.48. The van der Waals surface area contributed by atoms with Gasteiger partial charge in [-0.2, -0.15) is 0 Å². The van der Waals surface area contributed by atoms with E-state index in [1.807, 2.05) is 11.4 Å². The summed E-state index contributed by atoms with van der Waals surface area (Å²) in [4.78, 5) is 3.63. The van der Waals surface area contributed by atoms with Gasteiger partial charge in [0, 0.05) is 14.6 Å². The van der Waals surface area contributed by atoms with E-state index < -0.39 is 0 Å². The molecule has 2 heterocycles. The number of hydrogen-bond acceptors (Lipinski definition) is 3. The lowest BCUT2D eigenvalue weighted by Gasteiger charge is -2.09. The molecule has 0 fully saturated rings. The molecule has 1 unspecified atom stereocenters. The molecular weight excluding hydrogens is 246 g/mol. The Kier molecular flexibility index (Phi) is 3.16. The minimum Gasteiger partial charge on any atom is -0.320 e. The highest BCUT2D eigenvalue weighted by Crippen LogP contribution is 2.35. The van der Waals surface area contributed by atoms with Gasteiger partial charge in [-0.15, -0.1) is 22.7 Å². The van der Waals surface area contributed by atoms with Crippen molar-refractivity contribution in [2.45, 2.75) is 19.9 Å². The second-order valence-corrected chi connectivity index (χ2v) is 6.29. The lowest BCUT2D eigenvalue weighted by molar-refractivity contribution is 0.890. The van der Waals surface area contributed by atoms with Crippen molar-refractivity contribution in [3.8, 4) is 0 Å². The third-order valence-electron chi connectivity index (χ3n) is 2.34. The first kappa shape index (κ1) is 11.1. The van der Waals surface area contributed by atoms with E-state index in [9.17, 15) is 0 Å². The first-order chi connectivity index (χ1) is 7.09. The Balaban J connectivity index is 2.40. The van der Waals surface area contributed by atoms with Gasteiger partial charge in [-0.05, 0) is 36.9 Å². The minimum atomic E-state index is -0.0811. The summed E-state index contributed by atoms with van der Waals surface area (Å²) in [6.07, 6.45) is 0. The lowest BCUT2D eigenvalue weighted by Crippen LogP contribution is -2.10. The summed E-state index contributed by atoms with van der Waals surface area (Å²) in [5.74, 6) is 0. The molecule has 0 amide bonds. The van der Waals surface area contributed by atoms with E-state index in [-0.39, 0.29) is 6.04 Å². The fourth-order valence-electron chi connectivity index (χ4n) is 1.63. The molecule has 0 aliphatic rings. The third kappa shape index (κ3) is 2.11. The maximum atomic E-state index is 6.21. The molecule has 0 saturated carbocycles. The van der Waals surface area contributed by atoms with Gasteiger partial charge in [-0.3, -0.25) is 0 Å². The molecule has 0 aliphatic heterocycles. The molecule has 15 heavy (non-hydrogen) atoms. The van der Waals surface area contributed by atoms with Crippen LogP contribution in [-0.2, 0) is 0 Å². The van der Waals surface area contributed by atoms with E-state index in [4.69, 9.17) is 17.3 Å². The van der Waals surface area contributed by atoms with Gasteiger partial charge in [0.25, 0.3) is 0 Å². The smallest absolute Gasteiger partial charge is 0.0671 e. The third-order valence-corrected chi connectivity index (χ3v) is 4.76. The van der Waals surface area contributed by atoms with Crippen molar-refractivity contribution in [2.24, 2.45) is 5.73 Å². The zero-order valence-corrected chi connectivity index (χ0v) is 11.0. The fourth-order valence-corrected chi connectivity index (χ4v) is 3.79. The van der Waals surface area contributed by atoms with Crippen LogP contribution in [0.25, 0.3) is 0 Å². The first-order valence-electron chi connectivity index (χ1n) is 4.65. The predicted molar refractivity (Wildman–Crippen MR) is 69.2 cm³/mol. The molecule has 4 heteroatoms. The second kappa shape index (κ2) is 4.26. The highest BCUT2D eigenvalue weighted by Gasteiger charge is 2.17. The van der Waals surface area contributed by atoms with Crippen molar-refractivity contribution in [1.82, 2.24) is 0 Å². The molecule has 1 atom stereocenters. The fraction of sp³-hybridized carbons (Fsp3) is 0.273. The molecular formula is C11H12ClNS2. The largest absolute Gasteiger partial charge is 0.320 e. The van der Waals surface area contributed by atoms with Crippen LogP contribution in [0.15, 0.2) is 17.5 Å². The highest BCUT2D eigenvalue weighted by atomic mass is 35.5. The van der Waals surface area contributed by atoms with Crippen molar-refractivity contribution in [3.63, 3.8) is 0 Å². The number of thiophene rings is 2. The Morgan fingerprint density at radius 2 is 2.13 bits per heavy atom. The Morgan fingerprint density at radius 1 is 1.40 bits per heavy atom. The van der Waals surface area contributed by atoms with Crippen LogP contribution in [-0.4, -0.2) is 0 Å². The molecule has 2 aromatic rings. The van der Waals surface area contributed by atoms with Crippen LogP contribution in [0, 0.1) is 13.8 Å². The summed E-state index contributed by atoms with van der Waals surface area (Å²) < 4.78 is 0. The van der Waals surface area contributed by atoms with Crippen LogP contribution in [0.2, 0.25) is 5.02 Å². The summed E-state index contributed by atoms with van der Waals surface area (Å²) in [6.45, 7) is 4.21. The molecule has 0 bridgehead atoms.